The van der Waals surface area contributed by atoms with Crippen molar-refractivity contribution in [1.82, 2.24) is 10.2 Å². The maximum atomic E-state index is 12.0. The van der Waals surface area contributed by atoms with Crippen LogP contribution in [0.15, 0.2) is 0 Å². The molecule has 0 aromatic rings. The maximum Gasteiger partial charge on any atom is 0.407 e. The zero-order valence-corrected chi connectivity index (χ0v) is 14.1. The molecule has 0 aliphatic carbocycles. The number of alkyl carbamates (subject to hydrolysis) is 1. The fourth-order valence-corrected chi connectivity index (χ4v) is 2.83. The van der Waals surface area contributed by atoms with E-state index in [1.807, 2.05) is 0 Å². The molecule has 1 heterocycles. The largest absolute Gasteiger partial charge is 0.480 e. The molecule has 0 bridgehead atoms. The number of carboxylic acid groups (broad SMARTS) is 1. The first-order chi connectivity index (χ1) is 10.2. The van der Waals surface area contributed by atoms with Crippen LogP contribution >= 0.6 is 11.8 Å². The van der Waals surface area contributed by atoms with Gasteiger partial charge in [0, 0.05) is 18.8 Å². The molecule has 1 atom stereocenters. The normalized spacial score (nSPS) is 18.1. The molecule has 1 fully saturated rings. The maximum absolute atomic E-state index is 12.0. The molecule has 1 rings (SSSR count). The van der Waals surface area contributed by atoms with Crippen LogP contribution < -0.4 is 5.32 Å². The molecule has 0 saturated carbocycles. The van der Waals surface area contributed by atoms with Gasteiger partial charge < -0.3 is 20.1 Å². The smallest absolute Gasteiger partial charge is 0.407 e. The molecule has 7 nitrogen and oxygen atoms in total. The molecule has 8 heteroatoms. The summed E-state index contributed by atoms with van der Waals surface area (Å²) in [6, 6.07) is -0.687. The monoisotopic (exact) mass is 332 g/mol. The summed E-state index contributed by atoms with van der Waals surface area (Å²) in [5.74, 6) is -0.314. The minimum absolute atomic E-state index is 0.160. The first-order valence-corrected chi connectivity index (χ1v) is 8.43. The van der Waals surface area contributed by atoms with Crippen LogP contribution in [0.2, 0.25) is 0 Å². The Labute approximate surface area is 134 Å². The van der Waals surface area contributed by atoms with Gasteiger partial charge in [-0.25, -0.2) is 9.59 Å². The third-order valence-electron chi connectivity index (χ3n) is 3.00. The highest BCUT2D eigenvalue weighted by Crippen LogP contribution is 2.18. The second-order valence-corrected chi connectivity index (χ2v) is 7.17. The van der Waals surface area contributed by atoms with E-state index in [0.717, 1.165) is 6.42 Å². The molecule has 1 aliphatic heterocycles. The summed E-state index contributed by atoms with van der Waals surface area (Å²) < 4.78 is 5.09. The molecule has 0 radical (unpaired) electrons. The molecule has 0 aromatic carbocycles. The fourth-order valence-electron chi connectivity index (χ4n) is 2.10. The SMILES string of the molecule is CC(C)(C)OC(=O)NCCSCC(=O)N1CCCC1C(=O)O. The van der Waals surface area contributed by atoms with Crippen molar-refractivity contribution in [3.63, 3.8) is 0 Å². The summed E-state index contributed by atoms with van der Waals surface area (Å²) >= 11 is 1.37. The van der Waals surface area contributed by atoms with Crippen LogP contribution in [0.25, 0.3) is 0 Å². The minimum atomic E-state index is -0.942. The number of amides is 2. The van der Waals surface area contributed by atoms with Gasteiger partial charge in [-0.1, -0.05) is 0 Å². The first-order valence-electron chi connectivity index (χ1n) is 7.27. The summed E-state index contributed by atoms with van der Waals surface area (Å²) in [5.41, 5.74) is -0.533. The van der Waals surface area contributed by atoms with Crippen LogP contribution in [0.1, 0.15) is 33.6 Å². The Morgan fingerprint density at radius 1 is 1.36 bits per heavy atom. The second kappa shape index (κ2) is 8.26. The number of hydrogen-bond acceptors (Lipinski definition) is 5. The third-order valence-corrected chi connectivity index (χ3v) is 3.94. The number of ether oxygens (including phenoxy) is 1. The van der Waals surface area contributed by atoms with E-state index in [9.17, 15) is 14.4 Å². The first kappa shape index (κ1) is 18.6. The molecule has 1 aliphatic rings. The van der Waals surface area contributed by atoms with Gasteiger partial charge in [0.05, 0.1) is 5.75 Å². The van der Waals surface area contributed by atoms with Crippen molar-refractivity contribution in [2.45, 2.75) is 45.3 Å². The van der Waals surface area contributed by atoms with E-state index < -0.39 is 23.7 Å². The Hall–Kier alpha value is -1.44. The van der Waals surface area contributed by atoms with E-state index in [2.05, 4.69) is 5.32 Å². The predicted octanol–water partition coefficient (Wildman–Crippen LogP) is 1.32. The van der Waals surface area contributed by atoms with Gasteiger partial charge >= 0.3 is 12.1 Å². The molecule has 126 valence electrons. The highest BCUT2D eigenvalue weighted by molar-refractivity contribution is 7.99. The Bertz CT molecular complexity index is 422. The van der Waals surface area contributed by atoms with Gasteiger partial charge in [-0.15, -0.1) is 0 Å². The number of likely N-dealkylation sites (tertiary alicyclic amines) is 1. The highest BCUT2D eigenvalue weighted by atomic mass is 32.2. The summed E-state index contributed by atoms with van der Waals surface area (Å²) in [6.07, 6.45) is 0.768. The third kappa shape index (κ3) is 6.55. The molecule has 0 aromatic heterocycles. The summed E-state index contributed by atoms with van der Waals surface area (Å²) in [6.45, 7) is 6.26. The van der Waals surface area contributed by atoms with Crippen molar-refractivity contribution in [1.29, 1.82) is 0 Å². The Morgan fingerprint density at radius 3 is 2.64 bits per heavy atom. The zero-order chi connectivity index (χ0) is 16.8. The molecule has 22 heavy (non-hydrogen) atoms. The van der Waals surface area contributed by atoms with Crippen LogP contribution in [-0.2, 0) is 14.3 Å². The number of carbonyl (C=O) groups excluding carboxylic acids is 2. The average molecular weight is 332 g/mol. The zero-order valence-electron chi connectivity index (χ0n) is 13.3. The van der Waals surface area contributed by atoms with Crippen molar-refractivity contribution in [3.05, 3.63) is 0 Å². The van der Waals surface area contributed by atoms with E-state index in [1.165, 1.54) is 16.7 Å². The van der Waals surface area contributed by atoms with E-state index in [0.29, 0.717) is 25.3 Å². The number of hydrogen-bond donors (Lipinski definition) is 2. The Morgan fingerprint density at radius 2 is 2.05 bits per heavy atom. The van der Waals surface area contributed by atoms with E-state index in [-0.39, 0.29) is 11.7 Å². The van der Waals surface area contributed by atoms with Crippen LogP contribution in [0.5, 0.6) is 0 Å². The fraction of sp³-hybridized carbons (Fsp3) is 0.786. The lowest BCUT2D eigenvalue weighted by Crippen LogP contribution is -2.41. The van der Waals surface area contributed by atoms with Crippen LogP contribution in [0, 0.1) is 0 Å². The molecule has 2 amide bonds. The number of rotatable bonds is 6. The van der Waals surface area contributed by atoms with Crippen LogP contribution in [-0.4, -0.2) is 64.2 Å². The average Bonchev–Trinajstić information content (AvgIpc) is 2.85. The van der Waals surface area contributed by atoms with Gasteiger partial charge in [-0.3, -0.25) is 4.79 Å². The Kier molecular flexibility index (Phi) is 6.99. The van der Waals surface area contributed by atoms with Gasteiger partial charge in [0.1, 0.15) is 11.6 Å². The Balaban J connectivity index is 2.18. The summed E-state index contributed by atoms with van der Waals surface area (Å²) in [4.78, 5) is 35.8. The molecule has 1 unspecified atom stereocenters. The second-order valence-electron chi connectivity index (χ2n) is 6.06. The number of nitrogens with one attached hydrogen (secondary N) is 1. The van der Waals surface area contributed by atoms with Gasteiger partial charge in [-0.2, -0.15) is 11.8 Å². The number of carboxylic acids is 1. The quantitative estimate of drug-likeness (QED) is 0.712. The van der Waals surface area contributed by atoms with Gasteiger partial charge in [0.25, 0.3) is 0 Å². The van der Waals surface area contributed by atoms with Crippen LogP contribution in [0.3, 0.4) is 0 Å². The van der Waals surface area contributed by atoms with Crippen molar-refractivity contribution in [3.8, 4) is 0 Å². The number of carbonyl (C=O) groups is 3. The molecule has 1 saturated heterocycles. The summed E-state index contributed by atoms with van der Waals surface area (Å²) in [5, 5.41) is 11.6. The van der Waals surface area contributed by atoms with Gasteiger partial charge in [-0.05, 0) is 33.6 Å². The van der Waals surface area contributed by atoms with Crippen LogP contribution in [0.4, 0.5) is 4.79 Å². The van der Waals surface area contributed by atoms with E-state index >= 15 is 0 Å². The molecular formula is C14H24N2O5S. The van der Waals surface area contributed by atoms with Gasteiger partial charge in [0.15, 0.2) is 0 Å². The number of nitrogens with zero attached hydrogens (tertiary/aromatic N) is 1. The van der Waals surface area contributed by atoms with E-state index in [1.54, 1.807) is 20.8 Å². The topological polar surface area (TPSA) is 95.9 Å². The van der Waals surface area contributed by atoms with E-state index in [4.69, 9.17) is 9.84 Å². The lowest BCUT2D eigenvalue weighted by atomic mass is 10.2. The lowest BCUT2D eigenvalue weighted by Gasteiger charge is -2.21. The summed E-state index contributed by atoms with van der Waals surface area (Å²) in [7, 11) is 0. The molecular weight excluding hydrogens is 308 g/mol. The van der Waals surface area contributed by atoms with Crippen molar-refractivity contribution >= 4 is 29.7 Å². The number of aliphatic carboxylic acids is 1. The lowest BCUT2D eigenvalue weighted by molar-refractivity contribution is -0.147. The van der Waals surface area contributed by atoms with Gasteiger partial charge in [0.2, 0.25) is 5.91 Å². The highest BCUT2D eigenvalue weighted by Gasteiger charge is 2.33. The molecule has 0 spiro atoms. The van der Waals surface area contributed by atoms with Crippen molar-refractivity contribution in [2.75, 3.05) is 24.6 Å². The minimum Gasteiger partial charge on any atom is -0.480 e. The number of thioether (sulfide) groups is 1. The van der Waals surface area contributed by atoms with Crippen molar-refractivity contribution in [2.24, 2.45) is 0 Å². The standard InChI is InChI=1S/C14H24N2O5S/c1-14(2,3)21-13(20)15-6-8-22-9-11(17)16-7-4-5-10(16)12(18)19/h10H,4-9H2,1-3H3,(H,15,20)(H,18,19). The molecule has 2 N–H and O–H groups in total. The predicted molar refractivity (Wildman–Crippen MR) is 83.9 cm³/mol. The van der Waals surface area contributed by atoms with Crippen molar-refractivity contribution < 1.29 is 24.2 Å².